The van der Waals surface area contributed by atoms with Crippen LogP contribution in [-0.2, 0) is 6.54 Å². The number of aliphatic hydroxyl groups is 1. The third-order valence-electron chi connectivity index (χ3n) is 3.11. The fraction of sp³-hybridized carbons (Fsp3) is 0.538. The third-order valence-corrected chi connectivity index (χ3v) is 3.11. The van der Waals surface area contributed by atoms with Gasteiger partial charge in [-0.2, -0.15) is 0 Å². The van der Waals surface area contributed by atoms with Crippen LogP contribution in [0.25, 0.3) is 0 Å². The molecule has 2 N–H and O–H groups in total. The molecule has 0 saturated heterocycles. The van der Waals surface area contributed by atoms with Gasteiger partial charge in [-0.05, 0) is 38.5 Å². The SMILES string of the molecule is CC(NCc1ccc2c(c1)OCO2)C(C)(C)O. The van der Waals surface area contributed by atoms with Gasteiger partial charge in [-0.1, -0.05) is 6.07 Å². The standard InChI is InChI=1S/C13H19NO3/c1-9(13(2,3)15)14-7-10-4-5-11-12(6-10)17-8-16-11/h4-6,9,14-15H,7-8H2,1-3H3. The van der Waals surface area contributed by atoms with Gasteiger partial charge < -0.3 is 19.9 Å². The van der Waals surface area contributed by atoms with E-state index in [1.165, 1.54) is 0 Å². The van der Waals surface area contributed by atoms with Gasteiger partial charge in [-0.15, -0.1) is 0 Å². The first kappa shape index (κ1) is 12.2. The number of hydrogen-bond donors (Lipinski definition) is 2. The van der Waals surface area contributed by atoms with Gasteiger partial charge in [-0.3, -0.25) is 0 Å². The molecule has 1 aromatic rings. The third kappa shape index (κ3) is 2.90. The predicted octanol–water partition coefficient (Wildman–Crippen LogP) is 1.66. The van der Waals surface area contributed by atoms with Crippen LogP contribution in [-0.4, -0.2) is 23.5 Å². The number of hydrogen-bond acceptors (Lipinski definition) is 4. The molecule has 0 fully saturated rings. The smallest absolute Gasteiger partial charge is 0.231 e. The lowest BCUT2D eigenvalue weighted by atomic mass is 10.0. The lowest BCUT2D eigenvalue weighted by Gasteiger charge is -2.26. The number of rotatable bonds is 4. The van der Waals surface area contributed by atoms with Gasteiger partial charge in [0.15, 0.2) is 11.5 Å². The van der Waals surface area contributed by atoms with Crippen molar-refractivity contribution in [3.63, 3.8) is 0 Å². The lowest BCUT2D eigenvalue weighted by molar-refractivity contribution is 0.0437. The van der Waals surface area contributed by atoms with Crippen LogP contribution in [0.15, 0.2) is 18.2 Å². The van der Waals surface area contributed by atoms with Crippen LogP contribution in [0.4, 0.5) is 0 Å². The van der Waals surface area contributed by atoms with Crippen LogP contribution in [0.3, 0.4) is 0 Å². The van der Waals surface area contributed by atoms with Gasteiger partial charge in [0.2, 0.25) is 6.79 Å². The fourth-order valence-electron chi connectivity index (χ4n) is 1.57. The second-order valence-corrected chi connectivity index (χ2v) is 4.94. The molecule has 1 aromatic carbocycles. The van der Waals surface area contributed by atoms with Crippen molar-refractivity contribution in [2.24, 2.45) is 0 Å². The largest absolute Gasteiger partial charge is 0.454 e. The van der Waals surface area contributed by atoms with Crippen LogP contribution in [0.2, 0.25) is 0 Å². The van der Waals surface area contributed by atoms with Gasteiger partial charge >= 0.3 is 0 Å². The lowest BCUT2D eigenvalue weighted by Crippen LogP contribution is -2.44. The average Bonchev–Trinajstić information content (AvgIpc) is 2.71. The minimum absolute atomic E-state index is 0.0212. The van der Waals surface area contributed by atoms with Crippen molar-refractivity contribution in [1.82, 2.24) is 5.32 Å². The molecular weight excluding hydrogens is 218 g/mol. The number of ether oxygens (including phenoxy) is 2. The highest BCUT2D eigenvalue weighted by atomic mass is 16.7. The molecule has 1 aliphatic heterocycles. The maximum absolute atomic E-state index is 9.81. The van der Waals surface area contributed by atoms with E-state index in [0.29, 0.717) is 13.3 Å². The van der Waals surface area contributed by atoms with E-state index in [1.807, 2.05) is 25.1 Å². The molecule has 1 aliphatic rings. The molecule has 0 bridgehead atoms. The quantitative estimate of drug-likeness (QED) is 0.836. The van der Waals surface area contributed by atoms with Crippen LogP contribution in [0, 0.1) is 0 Å². The highest BCUT2D eigenvalue weighted by molar-refractivity contribution is 5.44. The molecular formula is C13H19NO3. The molecule has 0 amide bonds. The molecule has 1 heterocycles. The molecule has 0 radical (unpaired) electrons. The van der Waals surface area contributed by atoms with E-state index in [4.69, 9.17) is 9.47 Å². The second-order valence-electron chi connectivity index (χ2n) is 4.94. The van der Waals surface area contributed by atoms with E-state index in [0.717, 1.165) is 17.1 Å². The van der Waals surface area contributed by atoms with E-state index in [-0.39, 0.29) is 6.04 Å². The van der Waals surface area contributed by atoms with E-state index in [9.17, 15) is 5.11 Å². The van der Waals surface area contributed by atoms with Crippen LogP contribution < -0.4 is 14.8 Å². The second kappa shape index (κ2) is 4.55. The molecule has 17 heavy (non-hydrogen) atoms. The number of fused-ring (bicyclic) bond motifs is 1. The van der Waals surface area contributed by atoms with Crippen LogP contribution in [0.5, 0.6) is 11.5 Å². The van der Waals surface area contributed by atoms with Gasteiger partial charge in [0.25, 0.3) is 0 Å². The zero-order valence-corrected chi connectivity index (χ0v) is 10.5. The predicted molar refractivity (Wildman–Crippen MR) is 65.2 cm³/mol. The van der Waals surface area contributed by atoms with Gasteiger partial charge in [0.1, 0.15) is 0 Å². The van der Waals surface area contributed by atoms with Crippen molar-refractivity contribution < 1.29 is 14.6 Å². The van der Waals surface area contributed by atoms with Crippen molar-refractivity contribution in [3.8, 4) is 11.5 Å². The Labute approximate surface area is 102 Å². The minimum Gasteiger partial charge on any atom is -0.454 e. The molecule has 0 aliphatic carbocycles. The highest BCUT2D eigenvalue weighted by Gasteiger charge is 2.21. The first-order valence-electron chi connectivity index (χ1n) is 5.81. The zero-order valence-electron chi connectivity index (χ0n) is 10.5. The molecule has 0 saturated carbocycles. The Hall–Kier alpha value is -1.26. The molecule has 94 valence electrons. The number of benzene rings is 1. The molecule has 0 spiro atoms. The summed E-state index contributed by atoms with van der Waals surface area (Å²) in [5.41, 5.74) is 0.390. The number of nitrogens with one attached hydrogen (secondary N) is 1. The Bertz CT molecular complexity index is 398. The Kier molecular flexibility index (Phi) is 3.26. The monoisotopic (exact) mass is 237 g/mol. The Morgan fingerprint density at radius 3 is 2.76 bits per heavy atom. The van der Waals surface area contributed by atoms with Crippen molar-refractivity contribution in [1.29, 1.82) is 0 Å². The Morgan fingerprint density at radius 1 is 1.35 bits per heavy atom. The van der Waals surface area contributed by atoms with Gasteiger partial charge in [0, 0.05) is 12.6 Å². The maximum atomic E-state index is 9.81. The van der Waals surface area contributed by atoms with Crippen molar-refractivity contribution in [2.75, 3.05) is 6.79 Å². The van der Waals surface area contributed by atoms with Gasteiger partial charge in [0.05, 0.1) is 5.60 Å². The van der Waals surface area contributed by atoms with Crippen molar-refractivity contribution >= 4 is 0 Å². The normalized spacial score (nSPS) is 16.0. The first-order chi connectivity index (χ1) is 7.97. The summed E-state index contributed by atoms with van der Waals surface area (Å²) in [4.78, 5) is 0. The molecule has 1 unspecified atom stereocenters. The summed E-state index contributed by atoms with van der Waals surface area (Å²) in [6, 6.07) is 5.89. The van der Waals surface area contributed by atoms with Crippen molar-refractivity contribution in [3.05, 3.63) is 23.8 Å². The summed E-state index contributed by atoms with van der Waals surface area (Å²) in [7, 11) is 0. The summed E-state index contributed by atoms with van der Waals surface area (Å²) in [5, 5.41) is 13.1. The summed E-state index contributed by atoms with van der Waals surface area (Å²) in [6.07, 6.45) is 0. The summed E-state index contributed by atoms with van der Waals surface area (Å²) >= 11 is 0. The molecule has 4 nitrogen and oxygen atoms in total. The van der Waals surface area contributed by atoms with E-state index >= 15 is 0 Å². The minimum atomic E-state index is -0.726. The summed E-state index contributed by atoms with van der Waals surface area (Å²) < 4.78 is 10.6. The fourth-order valence-corrected chi connectivity index (χ4v) is 1.57. The van der Waals surface area contributed by atoms with Gasteiger partial charge in [-0.25, -0.2) is 0 Å². The van der Waals surface area contributed by atoms with Crippen LogP contribution in [0.1, 0.15) is 26.3 Å². The molecule has 0 aromatic heterocycles. The van der Waals surface area contributed by atoms with E-state index < -0.39 is 5.60 Å². The molecule has 2 rings (SSSR count). The molecule has 4 heteroatoms. The first-order valence-corrected chi connectivity index (χ1v) is 5.81. The topological polar surface area (TPSA) is 50.7 Å². The van der Waals surface area contributed by atoms with Crippen LogP contribution >= 0.6 is 0 Å². The van der Waals surface area contributed by atoms with E-state index in [2.05, 4.69) is 5.32 Å². The Morgan fingerprint density at radius 2 is 2.06 bits per heavy atom. The average molecular weight is 237 g/mol. The molecule has 1 atom stereocenters. The zero-order chi connectivity index (χ0) is 12.5. The Balaban J connectivity index is 1.96. The maximum Gasteiger partial charge on any atom is 0.231 e. The highest BCUT2D eigenvalue weighted by Crippen LogP contribution is 2.32. The van der Waals surface area contributed by atoms with E-state index in [1.54, 1.807) is 13.8 Å². The summed E-state index contributed by atoms with van der Waals surface area (Å²) in [6.45, 7) is 6.55. The van der Waals surface area contributed by atoms with Crippen molar-refractivity contribution in [2.45, 2.75) is 39.0 Å². The summed E-state index contributed by atoms with van der Waals surface area (Å²) in [5.74, 6) is 1.59.